The average molecular weight is 283 g/mol. The van der Waals surface area contributed by atoms with Crippen molar-refractivity contribution in [3.8, 4) is 11.5 Å². The Balaban J connectivity index is 0.000000272. The van der Waals surface area contributed by atoms with Gasteiger partial charge < -0.3 is 9.84 Å². The van der Waals surface area contributed by atoms with Crippen molar-refractivity contribution in [1.29, 1.82) is 0 Å². The van der Waals surface area contributed by atoms with Crippen molar-refractivity contribution in [3.05, 3.63) is 72.6 Å². The maximum atomic E-state index is 11.7. The lowest BCUT2D eigenvalue weighted by molar-refractivity contribution is 0.0731. The Morgan fingerprint density at radius 2 is 1.76 bits per heavy atom. The number of benzene rings is 2. The van der Waals surface area contributed by atoms with E-state index in [1.165, 1.54) is 12.1 Å². The molecular formula is C15H13N3O3. The van der Waals surface area contributed by atoms with E-state index in [-0.39, 0.29) is 11.3 Å². The molecule has 1 aromatic heterocycles. The monoisotopic (exact) mass is 283 g/mol. The first kappa shape index (κ1) is 14.3. The molecule has 106 valence electrons. The molecule has 6 nitrogen and oxygen atoms in total. The topological polar surface area (TPSA) is 88.1 Å². The van der Waals surface area contributed by atoms with Crippen LogP contribution in [0.4, 0.5) is 0 Å². The zero-order chi connectivity index (χ0) is 14.9. The Labute approximate surface area is 121 Å². The number of nitrogens with zero attached hydrogens (tertiary/aromatic N) is 2. The number of H-pyrrole nitrogens is 1. The smallest absolute Gasteiger partial charge is 0.347 e. The number of phenolic OH excluding ortho intramolecular Hbond substituents is 1. The predicted octanol–water partition coefficient (Wildman–Crippen LogP) is 2.42. The number of nitrogens with one attached hydrogen (secondary N) is 1. The summed E-state index contributed by atoms with van der Waals surface area (Å²) in [6.45, 7) is 0. The van der Waals surface area contributed by atoms with Gasteiger partial charge in [-0.3, -0.25) is 5.10 Å². The second-order valence-corrected chi connectivity index (χ2v) is 3.88. The van der Waals surface area contributed by atoms with Gasteiger partial charge in [0.25, 0.3) is 0 Å². The zero-order valence-corrected chi connectivity index (χ0v) is 11.0. The molecule has 3 rings (SSSR count). The van der Waals surface area contributed by atoms with Crippen molar-refractivity contribution < 1.29 is 14.6 Å². The van der Waals surface area contributed by atoms with Gasteiger partial charge in [0.2, 0.25) is 0 Å². The molecule has 6 heteroatoms. The van der Waals surface area contributed by atoms with Gasteiger partial charge in [-0.1, -0.05) is 35.5 Å². The molecule has 2 N–H and O–H groups in total. The van der Waals surface area contributed by atoms with Crippen LogP contribution in [0.2, 0.25) is 0 Å². The van der Waals surface area contributed by atoms with Gasteiger partial charge in [0.1, 0.15) is 17.1 Å². The highest BCUT2D eigenvalue weighted by Gasteiger charge is 2.12. The first-order valence-corrected chi connectivity index (χ1v) is 6.13. The molecule has 0 radical (unpaired) electrons. The molecule has 0 saturated heterocycles. The van der Waals surface area contributed by atoms with Gasteiger partial charge in [-0.15, -0.1) is 5.10 Å². The number of aromatic hydroxyl groups is 1. The largest absolute Gasteiger partial charge is 0.507 e. The summed E-state index contributed by atoms with van der Waals surface area (Å²) in [5.41, 5.74) is 0.159. The number of hydrogen-bond acceptors (Lipinski definition) is 5. The lowest BCUT2D eigenvalue weighted by Crippen LogP contribution is -2.08. The van der Waals surface area contributed by atoms with Gasteiger partial charge in [-0.2, -0.15) is 0 Å². The fourth-order valence-corrected chi connectivity index (χ4v) is 1.46. The van der Waals surface area contributed by atoms with Crippen LogP contribution in [0.3, 0.4) is 0 Å². The van der Waals surface area contributed by atoms with Crippen molar-refractivity contribution in [2.75, 3.05) is 0 Å². The Morgan fingerprint density at radius 1 is 1.05 bits per heavy atom. The Bertz CT molecular complexity index is 652. The van der Waals surface area contributed by atoms with Crippen molar-refractivity contribution in [2.45, 2.75) is 0 Å². The van der Waals surface area contributed by atoms with E-state index in [0.717, 1.165) is 0 Å². The lowest BCUT2D eigenvalue weighted by Gasteiger charge is -2.04. The number of ether oxygens (including phenoxy) is 1. The second kappa shape index (κ2) is 7.44. The number of aromatic nitrogens is 3. The number of aromatic amines is 1. The third-order valence-electron chi connectivity index (χ3n) is 2.41. The standard InChI is InChI=1S/C13H10O3.C2H3N3/c14-12-9-5-4-8-11(12)13(15)16-10-6-2-1-3-7-10;1-2-4-5-3-1/h1-9,14H;1-2H,(H,3,4,5). The summed E-state index contributed by atoms with van der Waals surface area (Å²) in [6.07, 6.45) is 3.24. The Kier molecular flexibility index (Phi) is 5.05. The van der Waals surface area contributed by atoms with Crippen LogP contribution >= 0.6 is 0 Å². The first-order valence-electron chi connectivity index (χ1n) is 6.13. The molecule has 3 aromatic rings. The lowest BCUT2D eigenvalue weighted by atomic mass is 10.2. The van der Waals surface area contributed by atoms with E-state index in [2.05, 4.69) is 15.4 Å². The number of para-hydroxylation sites is 2. The number of carbonyl (C=O) groups is 1. The molecule has 0 aliphatic rings. The number of carbonyl (C=O) groups excluding carboxylic acids is 1. The average Bonchev–Trinajstić information content (AvgIpc) is 3.08. The summed E-state index contributed by atoms with van der Waals surface area (Å²) in [7, 11) is 0. The number of phenols is 1. The Morgan fingerprint density at radius 3 is 2.33 bits per heavy atom. The molecule has 0 amide bonds. The van der Waals surface area contributed by atoms with Gasteiger partial charge in [-0.25, -0.2) is 4.79 Å². The van der Waals surface area contributed by atoms with E-state index < -0.39 is 5.97 Å². The minimum Gasteiger partial charge on any atom is -0.507 e. The highest BCUT2D eigenvalue weighted by Crippen LogP contribution is 2.18. The minimum atomic E-state index is -0.565. The quantitative estimate of drug-likeness (QED) is 0.557. The van der Waals surface area contributed by atoms with Gasteiger partial charge in [-0.05, 0) is 24.3 Å². The second-order valence-electron chi connectivity index (χ2n) is 3.88. The summed E-state index contributed by atoms with van der Waals surface area (Å²) in [5.74, 6) is -0.191. The summed E-state index contributed by atoms with van der Waals surface area (Å²) in [6, 6.07) is 15.0. The summed E-state index contributed by atoms with van der Waals surface area (Å²) in [4.78, 5) is 11.7. The van der Waals surface area contributed by atoms with Crippen LogP contribution in [0.25, 0.3) is 0 Å². The molecule has 0 atom stereocenters. The molecule has 1 heterocycles. The molecule has 0 spiro atoms. The molecule has 21 heavy (non-hydrogen) atoms. The van der Waals surface area contributed by atoms with Crippen LogP contribution in [-0.2, 0) is 0 Å². The summed E-state index contributed by atoms with van der Waals surface area (Å²) in [5, 5.41) is 18.7. The third-order valence-corrected chi connectivity index (χ3v) is 2.41. The normalized spacial score (nSPS) is 9.33. The predicted molar refractivity (Wildman–Crippen MR) is 75.9 cm³/mol. The van der Waals surface area contributed by atoms with E-state index in [9.17, 15) is 9.90 Å². The van der Waals surface area contributed by atoms with Gasteiger partial charge in [0.15, 0.2) is 0 Å². The van der Waals surface area contributed by atoms with E-state index in [1.807, 2.05) is 6.07 Å². The Hall–Kier alpha value is -3.15. The molecule has 0 saturated carbocycles. The highest BCUT2D eigenvalue weighted by molar-refractivity contribution is 5.93. The van der Waals surface area contributed by atoms with Crippen molar-refractivity contribution in [1.82, 2.24) is 15.4 Å². The summed E-state index contributed by atoms with van der Waals surface area (Å²) >= 11 is 0. The maximum absolute atomic E-state index is 11.7. The zero-order valence-electron chi connectivity index (χ0n) is 11.0. The van der Waals surface area contributed by atoms with E-state index in [0.29, 0.717) is 5.75 Å². The fraction of sp³-hybridized carbons (Fsp3) is 0. The molecule has 0 fully saturated rings. The third kappa shape index (κ3) is 4.46. The van der Waals surface area contributed by atoms with Crippen LogP contribution in [-0.4, -0.2) is 26.5 Å². The van der Waals surface area contributed by atoms with Crippen LogP contribution in [0.5, 0.6) is 11.5 Å². The SMILES string of the molecule is O=C(Oc1ccccc1)c1ccccc1O.c1c[nH]nn1. The van der Waals surface area contributed by atoms with Crippen LogP contribution in [0.1, 0.15) is 10.4 Å². The van der Waals surface area contributed by atoms with E-state index in [1.54, 1.807) is 48.8 Å². The van der Waals surface area contributed by atoms with Gasteiger partial charge >= 0.3 is 5.97 Å². The number of rotatable bonds is 2. The van der Waals surface area contributed by atoms with Crippen molar-refractivity contribution >= 4 is 5.97 Å². The molecule has 0 aliphatic carbocycles. The summed E-state index contributed by atoms with van der Waals surface area (Å²) < 4.78 is 5.08. The number of esters is 1. The molecule has 0 aliphatic heterocycles. The number of hydrogen-bond donors (Lipinski definition) is 2. The first-order chi connectivity index (χ1) is 10.3. The van der Waals surface area contributed by atoms with E-state index >= 15 is 0 Å². The van der Waals surface area contributed by atoms with Crippen LogP contribution in [0.15, 0.2) is 67.0 Å². The highest BCUT2D eigenvalue weighted by atomic mass is 16.5. The molecular weight excluding hydrogens is 270 g/mol. The maximum Gasteiger partial charge on any atom is 0.347 e. The molecule has 2 aromatic carbocycles. The van der Waals surface area contributed by atoms with Gasteiger partial charge in [0, 0.05) is 6.20 Å². The van der Waals surface area contributed by atoms with Crippen molar-refractivity contribution in [3.63, 3.8) is 0 Å². The van der Waals surface area contributed by atoms with Crippen LogP contribution in [0, 0.1) is 0 Å². The fourth-order valence-electron chi connectivity index (χ4n) is 1.46. The van der Waals surface area contributed by atoms with Gasteiger partial charge in [0.05, 0.1) is 6.20 Å². The van der Waals surface area contributed by atoms with E-state index in [4.69, 9.17) is 4.74 Å². The van der Waals surface area contributed by atoms with Crippen molar-refractivity contribution in [2.24, 2.45) is 0 Å². The van der Waals surface area contributed by atoms with Crippen LogP contribution < -0.4 is 4.74 Å². The minimum absolute atomic E-state index is 0.0802. The molecule has 0 unspecified atom stereocenters. The molecule has 0 bridgehead atoms.